The number of carbonyl (C=O) groups excluding carboxylic acids is 1. The molecular weight excluding hydrogens is 416 g/mol. The zero-order valence-electron chi connectivity index (χ0n) is 13.4. The Morgan fingerprint density at radius 2 is 1.59 bits per heavy atom. The van der Waals surface area contributed by atoms with Crippen LogP contribution < -0.4 is 16.0 Å². The van der Waals surface area contributed by atoms with Crippen LogP contribution in [-0.2, 0) is 0 Å². The summed E-state index contributed by atoms with van der Waals surface area (Å²) in [4.78, 5) is 20.2. The van der Waals surface area contributed by atoms with E-state index in [-0.39, 0.29) is 16.5 Å². The van der Waals surface area contributed by atoms with Crippen LogP contribution in [0.4, 0.5) is 32.2 Å². The van der Waals surface area contributed by atoms with Gasteiger partial charge in [0.05, 0.1) is 20.8 Å². The minimum absolute atomic E-state index is 0.0246. The molecular formula is C17H11Cl3FN5O. The van der Waals surface area contributed by atoms with Crippen LogP contribution in [0.2, 0.25) is 15.1 Å². The van der Waals surface area contributed by atoms with Crippen molar-refractivity contribution in [1.82, 2.24) is 9.97 Å². The van der Waals surface area contributed by atoms with Gasteiger partial charge in [-0.3, -0.25) is 5.32 Å². The molecule has 0 aliphatic rings. The Balaban J connectivity index is 1.70. The Hall–Kier alpha value is -2.61. The third-order valence-electron chi connectivity index (χ3n) is 3.30. The molecule has 0 bridgehead atoms. The quantitative estimate of drug-likeness (QED) is 0.481. The number of carbonyl (C=O) groups is 1. The molecule has 27 heavy (non-hydrogen) atoms. The number of anilines is 4. The van der Waals surface area contributed by atoms with Gasteiger partial charge in [0.2, 0.25) is 0 Å². The monoisotopic (exact) mass is 425 g/mol. The maximum absolute atomic E-state index is 13.2. The van der Waals surface area contributed by atoms with Crippen LogP contribution in [0, 0.1) is 5.82 Å². The SMILES string of the molecule is O=C(Nc1cc(Nc2ccc(F)c(Cl)c2)ncn1)Nc1c(Cl)cccc1Cl. The predicted octanol–water partition coefficient (Wildman–Crippen LogP) is 5.96. The lowest BCUT2D eigenvalue weighted by Gasteiger charge is -2.11. The van der Waals surface area contributed by atoms with Crippen LogP contribution in [0.3, 0.4) is 0 Å². The number of nitrogens with one attached hydrogen (secondary N) is 3. The largest absolute Gasteiger partial charge is 0.340 e. The van der Waals surface area contributed by atoms with E-state index in [1.165, 1.54) is 30.6 Å². The van der Waals surface area contributed by atoms with Crippen molar-refractivity contribution in [1.29, 1.82) is 0 Å². The van der Waals surface area contributed by atoms with Gasteiger partial charge in [0.25, 0.3) is 0 Å². The second-order valence-corrected chi connectivity index (χ2v) is 6.44. The maximum Gasteiger partial charge on any atom is 0.324 e. The molecule has 6 nitrogen and oxygen atoms in total. The maximum atomic E-state index is 13.2. The first kappa shape index (κ1) is 19.2. The first-order chi connectivity index (χ1) is 12.9. The highest BCUT2D eigenvalue weighted by atomic mass is 35.5. The standard InChI is InChI=1S/C17H11Cl3FN5O/c18-10-2-1-3-11(19)16(10)26-17(27)25-15-7-14(22-8-23-15)24-9-4-5-13(21)12(20)6-9/h1-8H,(H3,22,23,24,25,26,27). The van der Waals surface area contributed by atoms with Gasteiger partial charge in [0.15, 0.2) is 0 Å². The Kier molecular flexibility index (Phi) is 5.95. The molecule has 0 spiro atoms. The highest BCUT2D eigenvalue weighted by Gasteiger charge is 2.11. The summed E-state index contributed by atoms with van der Waals surface area (Å²) in [5.74, 6) is 0.0716. The molecule has 1 aromatic heterocycles. The van der Waals surface area contributed by atoms with Crippen LogP contribution in [0.15, 0.2) is 48.8 Å². The first-order valence-corrected chi connectivity index (χ1v) is 8.62. The first-order valence-electron chi connectivity index (χ1n) is 7.48. The summed E-state index contributed by atoms with van der Waals surface area (Å²) >= 11 is 17.8. The minimum atomic E-state index is -0.584. The van der Waals surface area contributed by atoms with Gasteiger partial charge < -0.3 is 10.6 Å². The van der Waals surface area contributed by atoms with Gasteiger partial charge in [-0.2, -0.15) is 0 Å². The van der Waals surface area contributed by atoms with Crippen LogP contribution in [0.1, 0.15) is 0 Å². The fraction of sp³-hybridized carbons (Fsp3) is 0. The number of hydrogen-bond acceptors (Lipinski definition) is 4. The normalized spacial score (nSPS) is 10.4. The number of amides is 2. The lowest BCUT2D eigenvalue weighted by atomic mass is 10.3. The van der Waals surface area contributed by atoms with Gasteiger partial charge in [-0.25, -0.2) is 19.2 Å². The average molecular weight is 427 g/mol. The van der Waals surface area contributed by atoms with E-state index in [4.69, 9.17) is 34.8 Å². The van der Waals surface area contributed by atoms with Gasteiger partial charge in [-0.15, -0.1) is 0 Å². The van der Waals surface area contributed by atoms with E-state index in [1.807, 2.05) is 0 Å². The van der Waals surface area contributed by atoms with Gasteiger partial charge >= 0.3 is 6.03 Å². The Morgan fingerprint density at radius 1 is 0.889 bits per heavy atom. The molecule has 0 radical (unpaired) electrons. The zero-order chi connectivity index (χ0) is 19.4. The van der Waals surface area contributed by atoms with Crippen molar-refractivity contribution >= 4 is 63.8 Å². The predicted molar refractivity (Wildman–Crippen MR) is 106 cm³/mol. The topological polar surface area (TPSA) is 78.9 Å². The van der Waals surface area contributed by atoms with Gasteiger partial charge in [0, 0.05) is 11.8 Å². The smallest absolute Gasteiger partial charge is 0.324 e. The fourth-order valence-corrected chi connectivity index (χ4v) is 2.77. The number of halogens is 4. The molecule has 0 unspecified atom stereocenters. The number of benzene rings is 2. The molecule has 2 amide bonds. The van der Waals surface area contributed by atoms with Crippen LogP contribution in [-0.4, -0.2) is 16.0 Å². The number of hydrogen-bond donors (Lipinski definition) is 3. The highest BCUT2D eigenvalue weighted by molar-refractivity contribution is 6.39. The summed E-state index contributed by atoms with van der Waals surface area (Å²) in [6, 6.07) is 9.92. The molecule has 2 aromatic carbocycles. The molecule has 0 fully saturated rings. The zero-order valence-corrected chi connectivity index (χ0v) is 15.7. The third-order valence-corrected chi connectivity index (χ3v) is 4.22. The number of nitrogens with zero attached hydrogens (tertiary/aromatic N) is 2. The molecule has 3 aromatic rings. The lowest BCUT2D eigenvalue weighted by molar-refractivity contribution is 0.262. The summed E-state index contributed by atoms with van der Waals surface area (Å²) in [6.07, 6.45) is 1.26. The summed E-state index contributed by atoms with van der Waals surface area (Å²) in [7, 11) is 0. The van der Waals surface area contributed by atoms with Crippen molar-refractivity contribution in [3.63, 3.8) is 0 Å². The van der Waals surface area contributed by atoms with Gasteiger partial charge in [-0.05, 0) is 30.3 Å². The molecule has 0 saturated heterocycles. The van der Waals surface area contributed by atoms with E-state index in [0.29, 0.717) is 21.6 Å². The Bertz CT molecular complexity index is 982. The summed E-state index contributed by atoms with van der Waals surface area (Å²) in [6.45, 7) is 0. The second kappa shape index (κ2) is 8.39. The number of urea groups is 1. The van der Waals surface area contributed by atoms with Crippen LogP contribution >= 0.6 is 34.8 Å². The second-order valence-electron chi connectivity index (χ2n) is 5.22. The van der Waals surface area contributed by atoms with Crippen molar-refractivity contribution in [2.24, 2.45) is 0 Å². The molecule has 10 heteroatoms. The van der Waals surface area contributed by atoms with Crippen LogP contribution in [0.5, 0.6) is 0 Å². The van der Waals surface area contributed by atoms with Gasteiger partial charge in [-0.1, -0.05) is 40.9 Å². The van der Waals surface area contributed by atoms with E-state index < -0.39 is 11.8 Å². The fourth-order valence-electron chi connectivity index (χ4n) is 2.09. The van der Waals surface area contributed by atoms with E-state index in [9.17, 15) is 9.18 Å². The third kappa shape index (κ3) is 4.97. The molecule has 0 atom stereocenters. The van der Waals surface area contributed by atoms with E-state index in [2.05, 4.69) is 25.9 Å². The Labute approximate surface area is 168 Å². The van der Waals surface area contributed by atoms with Gasteiger partial charge in [0.1, 0.15) is 23.8 Å². The van der Waals surface area contributed by atoms with Crippen molar-refractivity contribution in [2.75, 3.05) is 16.0 Å². The summed E-state index contributed by atoms with van der Waals surface area (Å²) in [5, 5.41) is 8.62. The number of rotatable bonds is 4. The number of para-hydroxylation sites is 1. The van der Waals surface area contributed by atoms with E-state index in [0.717, 1.165) is 0 Å². The Morgan fingerprint density at radius 3 is 2.30 bits per heavy atom. The van der Waals surface area contributed by atoms with E-state index >= 15 is 0 Å². The molecule has 138 valence electrons. The number of aromatic nitrogens is 2. The summed E-state index contributed by atoms with van der Waals surface area (Å²) < 4.78 is 13.2. The molecule has 3 rings (SSSR count). The van der Waals surface area contributed by atoms with Crippen LogP contribution in [0.25, 0.3) is 0 Å². The average Bonchev–Trinajstić information content (AvgIpc) is 2.62. The molecule has 3 N–H and O–H groups in total. The molecule has 1 heterocycles. The molecule has 0 aliphatic heterocycles. The van der Waals surface area contributed by atoms with Crippen molar-refractivity contribution in [3.8, 4) is 0 Å². The van der Waals surface area contributed by atoms with Crippen molar-refractivity contribution < 1.29 is 9.18 Å². The molecule has 0 aliphatic carbocycles. The van der Waals surface area contributed by atoms with E-state index in [1.54, 1.807) is 18.2 Å². The molecule has 0 saturated carbocycles. The van der Waals surface area contributed by atoms with Crippen molar-refractivity contribution in [2.45, 2.75) is 0 Å². The lowest BCUT2D eigenvalue weighted by Crippen LogP contribution is -2.20. The summed E-state index contributed by atoms with van der Waals surface area (Å²) in [5.41, 5.74) is 0.810. The van der Waals surface area contributed by atoms with Crippen molar-refractivity contribution in [3.05, 3.63) is 69.7 Å². The minimum Gasteiger partial charge on any atom is -0.340 e. The highest BCUT2D eigenvalue weighted by Crippen LogP contribution is 2.30.